The van der Waals surface area contributed by atoms with Gasteiger partial charge in [-0.2, -0.15) is 0 Å². The number of halogens is 1. The van der Waals surface area contributed by atoms with Crippen molar-refractivity contribution < 1.29 is 19.4 Å². The molecule has 0 bridgehead atoms. The van der Waals surface area contributed by atoms with Crippen molar-refractivity contribution in [3.8, 4) is 0 Å². The summed E-state index contributed by atoms with van der Waals surface area (Å²) in [5.41, 5.74) is -0.662. The Morgan fingerprint density at radius 2 is 2.05 bits per heavy atom. The summed E-state index contributed by atoms with van der Waals surface area (Å²) in [6, 6.07) is 0.635. The molecule has 0 saturated heterocycles. The van der Waals surface area contributed by atoms with E-state index < -0.39 is 23.7 Å². The third-order valence-electron chi connectivity index (χ3n) is 2.16. The topological polar surface area (TPSA) is 66.8 Å². The zero-order valence-corrected chi connectivity index (χ0v) is 13.5. The predicted molar refractivity (Wildman–Crippen MR) is 76.4 cm³/mol. The molecule has 5 nitrogen and oxygen atoms in total. The molecule has 106 valence electrons. The van der Waals surface area contributed by atoms with Crippen LogP contribution in [0.5, 0.6) is 0 Å². The summed E-state index contributed by atoms with van der Waals surface area (Å²) < 4.78 is 5.96. The van der Waals surface area contributed by atoms with Crippen LogP contribution in [0.4, 0.5) is 4.79 Å². The molecule has 0 aliphatic carbocycles. The number of hydrogen-bond acceptors (Lipinski definition) is 4. The van der Waals surface area contributed by atoms with E-state index in [1.54, 1.807) is 32.2 Å². The van der Waals surface area contributed by atoms with Gasteiger partial charge >= 0.3 is 12.1 Å². The molecule has 7 heteroatoms. The lowest BCUT2D eigenvalue weighted by Gasteiger charge is -2.28. The van der Waals surface area contributed by atoms with Crippen molar-refractivity contribution in [3.63, 3.8) is 0 Å². The number of ether oxygens (including phenoxy) is 1. The van der Waals surface area contributed by atoms with Gasteiger partial charge in [0.1, 0.15) is 5.60 Å². The number of amides is 1. The summed E-state index contributed by atoms with van der Waals surface area (Å²) in [6.07, 6.45) is -0.663. The van der Waals surface area contributed by atoms with Gasteiger partial charge in [-0.15, -0.1) is 11.3 Å². The lowest BCUT2D eigenvalue weighted by Crippen LogP contribution is -2.39. The average Bonchev–Trinajstić information content (AvgIpc) is 2.61. The molecule has 1 atom stereocenters. The van der Waals surface area contributed by atoms with Gasteiger partial charge in [0.2, 0.25) is 0 Å². The number of carboxylic acids is 1. The van der Waals surface area contributed by atoms with Gasteiger partial charge in [0.05, 0.1) is 0 Å². The molecule has 1 aromatic rings. The highest BCUT2D eigenvalue weighted by Crippen LogP contribution is 2.30. The number of aliphatic carboxylic acids is 1. The highest BCUT2D eigenvalue weighted by Gasteiger charge is 2.32. The van der Waals surface area contributed by atoms with E-state index in [9.17, 15) is 14.7 Å². The molecule has 1 rings (SSSR count). The molecular formula is C12H16BrNO4S. The molecule has 1 aromatic heterocycles. The van der Waals surface area contributed by atoms with Crippen LogP contribution in [0, 0.1) is 0 Å². The van der Waals surface area contributed by atoms with E-state index >= 15 is 0 Å². The van der Waals surface area contributed by atoms with Crippen LogP contribution in [0.2, 0.25) is 0 Å². The first-order chi connectivity index (χ1) is 8.61. The third kappa shape index (κ3) is 4.50. The molecule has 1 N–H and O–H groups in total. The Hall–Kier alpha value is -1.08. The molecular weight excluding hydrogens is 334 g/mol. The number of carbonyl (C=O) groups excluding carboxylic acids is 1. The summed E-state index contributed by atoms with van der Waals surface area (Å²) >= 11 is 4.54. The Kier molecular flexibility index (Phi) is 4.98. The van der Waals surface area contributed by atoms with E-state index in [0.717, 1.165) is 9.37 Å². The number of carbonyl (C=O) groups is 2. The Bertz CT molecular complexity index is 480. The lowest BCUT2D eigenvalue weighted by atomic mass is 10.2. The van der Waals surface area contributed by atoms with Gasteiger partial charge in [-0.05, 0) is 42.8 Å². The van der Waals surface area contributed by atoms with Gasteiger partial charge < -0.3 is 9.84 Å². The first kappa shape index (κ1) is 16.0. The molecule has 1 unspecified atom stereocenters. The molecule has 0 aliphatic rings. The van der Waals surface area contributed by atoms with Crippen LogP contribution in [0.1, 0.15) is 31.7 Å². The Morgan fingerprint density at radius 3 is 2.42 bits per heavy atom. The smallest absolute Gasteiger partial charge is 0.411 e. The van der Waals surface area contributed by atoms with Crippen molar-refractivity contribution in [2.45, 2.75) is 32.4 Å². The van der Waals surface area contributed by atoms with Gasteiger partial charge in [0, 0.05) is 21.8 Å². The minimum atomic E-state index is -1.09. The largest absolute Gasteiger partial charge is 0.479 e. The van der Waals surface area contributed by atoms with Crippen LogP contribution < -0.4 is 0 Å². The molecule has 0 radical (unpaired) electrons. The summed E-state index contributed by atoms with van der Waals surface area (Å²) in [6.45, 7) is 5.20. The molecule has 0 spiro atoms. The minimum Gasteiger partial charge on any atom is -0.479 e. The highest BCUT2D eigenvalue weighted by atomic mass is 79.9. The minimum absolute atomic E-state index is 0.563. The number of hydrogen-bond donors (Lipinski definition) is 1. The first-order valence-electron chi connectivity index (χ1n) is 5.54. The molecule has 19 heavy (non-hydrogen) atoms. The quantitative estimate of drug-likeness (QED) is 0.906. The zero-order chi connectivity index (χ0) is 14.8. The van der Waals surface area contributed by atoms with Crippen molar-refractivity contribution in [2.24, 2.45) is 0 Å². The molecule has 1 amide bonds. The van der Waals surface area contributed by atoms with Crippen LogP contribution in [0.15, 0.2) is 15.9 Å². The molecule has 0 aliphatic heterocycles. The summed E-state index contributed by atoms with van der Waals surface area (Å²) in [5.74, 6) is -1.09. The van der Waals surface area contributed by atoms with Crippen molar-refractivity contribution >= 4 is 39.3 Å². The van der Waals surface area contributed by atoms with E-state index in [1.165, 1.54) is 18.4 Å². The maximum Gasteiger partial charge on any atom is 0.411 e. The zero-order valence-electron chi connectivity index (χ0n) is 11.1. The normalized spacial score (nSPS) is 12.9. The third-order valence-corrected chi connectivity index (χ3v) is 3.91. The molecule has 0 aromatic carbocycles. The van der Waals surface area contributed by atoms with Crippen LogP contribution in [0.3, 0.4) is 0 Å². The standard InChI is InChI=1S/C12H16BrNO4S/c1-12(2,3)18-11(17)14(4)9(10(15)16)8-5-7(13)6-19-8/h5-6,9H,1-4H3,(H,15,16). The van der Waals surface area contributed by atoms with Crippen LogP contribution >= 0.6 is 27.3 Å². The lowest BCUT2D eigenvalue weighted by molar-refractivity contribution is -0.142. The first-order valence-corrected chi connectivity index (χ1v) is 7.21. The van der Waals surface area contributed by atoms with Gasteiger partial charge in [-0.25, -0.2) is 9.59 Å². The Labute approximate surface area is 124 Å². The van der Waals surface area contributed by atoms with Crippen molar-refractivity contribution in [1.82, 2.24) is 4.90 Å². The van der Waals surface area contributed by atoms with Gasteiger partial charge in [0.15, 0.2) is 6.04 Å². The van der Waals surface area contributed by atoms with Crippen LogP contribution in [-0.2, 0) is 9.53 Å². The predicted octanol–water partition coefficient (Wildman–Crippen LogP) is 3.50. The SMILES string of the molecule is CN(C(=O)OC(C)(C)C)C(C(=O)O)c1cc(Br)cs1. The number of rotatable bonds is 3. The maximum atomic E-state index is 11.9. The van der Waals surface area contributed by atoms with E-state index in [1.807, 2.05) is 0 Å². The molecule has 1 heterocycles. The van der Waals surface area contributed by atoms with Gasteiger partial charge in [-0.3, -0.25) is 4.90 Å². The maximum absolute atomic E-state index is 11.9. The van der Waals surface area contributed by atoms with Crippen LogP contribution in [0.25, 0.3) is 0 Å². The number of thiophene rings is 1. The molecule has 0 fully saturated rings. The average molecular weight is 350 g/mol. The van der Waals surface area contributed by atoms with Crippen molar-refractivity contribution in [1.29, 1.82) is 0 Å². The van der Waals surface area contributed by atoms with Crippen molar-refractivity contribution in [2.75, 3.05) is 7.05 Å². The van der Waals surface area contributed by atoms with Gasteiger partial charge in [-0.1, -0.05) is 0 Å². The molecule has 0 saturated carbocycles. The highest BCUT2D eigenvalue weighted by molar-refractivity contribution is 9.10. The van der Waals surface area contributed by atoms with E-state index in [4.69, 9.17) is 4.74 Å². The second-order valence-electron chi connectivity index (χ2n) is 5.00. The summed E-state index contributed by atoms with van der Waals surface area (Å²) in [4.78, 5) is 24.9. The fourth-order valence-corrected chi connectivity index (χ4v) is 2.97. The van der Waals surface area contributed by atoms with Crippen molar-refractivity contribution in [3.05, 3.63) is 20.8 Å². The summed E-state index contributed by atoms with van der Waals surface area (Å²) in [7, 11) is 1.42. The number of nitrogens with zero attached hydrogens (tertiary/aromatic N) is 1. The number of carboxylic acid groups (broad SMARTS) is 1. The number of likely N-dealkylation sites (N-methyl/N-ethyl adjacent to an activating group) is 1. The van der Waals surface area contributed by atoms with Gasteiger partial charge in [0.25, 0.3) is 0 Å². The van der Waals surface area contributed by atoms with E-state index in [2.05, 4.69) is 15.9 Å². The fraction of sp³-hybridized carbons (Fsp3) is 0.500. The van der Waals surface area contributed by atoms with E-state index in [0.29, 0.717) is 4.88 Å². The second kappa shape index (κ2) is 5.92. The second-order valence-corrected chi connectivity index (χ2v) is 6.86. The Balaban J connectivity index is 2.94. The van der Waals surface area contributed by atoms with Crippen LogP contribution in [-0.4, -0.2) is 34.7 Å². The summed E-state index contributed by atoms with van der Waals surface area (Å²) in [5, 5.41) is 11.1. The Morgan fingerprint density at radius 1 is 1.47 bits per heavy atom. The van der Waals surface area contributed by atoms with E-state index in [-0.39, 0.29) is 0 Å². The fourth-order valence-electron chi connectivity index (χ4n) is 1.39. The monoisotopic (exact) mass is 349 g/mol.